The number of benzene rings is 1. The zero-order valence-electron chi connectivity index (χ0n) is 21.3. The lowest BCUT2D eigenvalue weighted by Crippen LogP contribution is -2.45. The van der Waals surface area contributed by atoms with Crippen molar-refractivity contribution in [3.63, 3.8) is 0 Å². The molecule has 33 heavy (non-hydrogen) atoms. The molecule has 0 aliphatic heterocycles. The summed E-state index contributed by atoms with van der Waals surface area (Å²) in [5, 5.41) is 12.2. The number of fused-ring (bicyclic) bond motifs is 1. The molecule has 4 heteroatoms. The SMILES string of the molecule is CCCC(CCC)C1(O)c2c(-c3ccncc3)ccc(F)c2CC1(C)C.CCCCCCS. The molecule has 2 nitrogen and oxygen atoms in total. The van der Waals surface area contributed by atoms with Gasteiger partial charge in [-0.15, -0.1) is 0 Å². The van der Waals surface area contributed by atoms with Crippen molar-refractivity contribution in [1.29, 1.82) is 0 Å². The zero-order valence-corrected chi connectivity index (χ0v) is 22.2. The van der Waals surface area contributed by atoms with Crippen molar-refractivity contribution in [2.45, 2.75) is 98.0 Å². The van der Waals surface area contributed by atoms with Gasteiger partial charge in [-0.1, -0.05) is 72.8 Å². The minimum absolute atomic E-state index is 0.121. The minimum atomic E-state index is -1.03. The Labute approximate surface area is 206 Å². The summed E-state index contributed by atoms with van der Waals surface area (Å²) in [6.45, 7) is 10.7. The van der Waals surface area contributed by atoms with Gasteiger partial charge in [0.05, 0.1) is 5.60 Å². The van der Waals surface area contributed by atoms with Crippen LogP contribution in [0.25, 0.3) is 11.1 Å². The molecule has 1 unspecified atom stereocenters. The highest BCUT2D eigenvalue weighted by Gasteiger charge is 2.56. The highest BCUT2D eigenvalue weighted by molar-refractivity contribution is 7.80. The Bertz CT molecular complexity index is 844. The number of halogens is 1. The molecule has 1 atom stereocenters. The highest BCUT2D eigenvalue weighted by atomic mass is 32.1. The molecule has 1 N–H and O–H groups in total. The Kier molecular flexibility index (Phi) is 10.9. The summed E-state index contributed by atoms with van der Waals surface area (Å²) in [5.41, 5.74) is 1.97. The van der Waals surface area contributed by atoms with Crippen LogP contribution in [0.1, 0.15) is 97.1 Å². The van der Waals surface area contributed by atoms with Gasteiger partial charge >= 0.3 is 0 Å². The second-order valence-electron chi connectivity index (χ2n) is 10.1. The van der Waals surface area contributed by atoms with Crippen LogP contribution in [-0.4, -0.2) is 15.8 Å². The molecule has 184 valence electrons. The fraction of sp³-hybridized carbons (Fsp3) is 0.621. The van der Waals surface area contributed by atoms with Gasteiger partial charge in [0.25, 0.3) is 0 Å². The summed E-state index contributed by atoms with van der Waals surface area (Å²) in [4.78, 5) is 4.10. The lowest BCUT2D eigenvalue weighted by atomic mass is 9.64. The van der Waals surface area contributed by atoms with Gasteiger partial charge in [-0.05, 0) is 77.8 Å². The van der Waals surface area contributed by atoms with Gasteiger partial charge in [-0.3, -0.25) is 4.98 Å². The van der Waals surface area contributed by atoms with Crippen molar-refractivity contribution in [3.8, 4) is 11.1 Å². The predicted octanol–water partition coefficient (Wildman–Crippen LogP) is 8.37. The normalized spacial score (nSPS) is 18.7. The first-order valence-electron chi connectivity index (χ1n) is 12.8. The Morgan fingerprint density at radius 1 is 0.970 bits per heavy atom. The second-order valence-corrected chi connectivity index (χ2v) is 10.5. The predicted molar refractivity (Wildman–Crippen MR) is 142 cm³/mol. The van der Waals surface area contributed by atoms with Gasteiger partial charge in [0.15, 0.2) is 0 Å². The number of aliphatic hydroxyl groups is 1. The van der Waals surface area contributed by atoms with E-state index in [1.54, 1.807) is 18.5 Å². The monoisotopic (exact) mass is 473 g/mol. The van der Waals surface area contributed by atoms with Gasteiger partial charge in [-0.25, -0.2) is 4.39 Å². The number of nitrogens with zero attached hydrogens (tertiary/aromatic N) is 1. The van der Waals surface area contributed by atoms with Gasteiger partial charge in [0.1, 0.15) is 5.82 Å². The van der Waals surface area contributed by atoms with E-state index in [9.17, 15) is 9.50 Å². The maximum atomic E-state index is 14.8. The topological polar surface area (TPSA) is 33.1 Å². The molecule has 2 aromatic rings. The number of aromatic nitrogens is 1. The van der Waals surface area contributed by atoms with Gasteiger partial charge in [0.2, 0.25) is 0 Å². The van der Waals surface area contributed by atoms with Crippen LogP contribution in [0.5, 0.6) is 0 Å². The van der Waals surface area contributed by atoms with E-state index in [4.69, 9.17) is 0 Å². The van der Waals surface area contributed by atoms with Crippen molar-refractivity contribution < 1.29 is 9.50 Å². The van der Waals surface area contributed by atoms with E-state index in [1.165, 1.54) is 25.7 Å². The van der Waals surface area contributed by atoms with E-state index >= 15 is 0 Å². The van der Waals surface area contributed by atoms with Crippen LogP contribution in [0.4, 0.5) is 4.39 Å². The number of rotatable bonds is 10. The molecule has 0 saturated carbocycles. The second kappa shape index (κ2) is 12.9. The summed E-state index contributed by atoms with van der Waals surface area (Å²) in [6.07, 6.45) is 13.3. The summed E-state index contributed by atoms with van der Waals surface area (Å²) in [5.74, 6) is 0.977. The molecule has 0 amide bonds. The van der Waals surface area contributed by atoms with Crippen LogP contribution < -0.4 is 0 Å². The van der Waals surface area contributed by atoms with Crippen molar-refractivity contribution >= 4 is 12.6 Å². The van der Waals surface area contributed by atoms with Crippen molar-refractivity contribution in [3.05, 3.63) is 53.6 Å². The van der Waals surface area contributed by atoms with Gasteiger partial charge in [0, 0.05) is 17.8 Å². The Morgan fingerprint density at radius 3 is 2.15 bits per heavy atom. The standard InChI is InChI=1S/C23H30FNO.C6H14S/c1-5-7-17(8-6-2)23(26)21-18(16-11-13-25-14-12-16)9-10-20(24)19(21)15-22(23,3)4;1-2-3-4-5-6-7/h9-14,17,26H,5-8,15H2,1-4H3;7H,2-6H2,1H3. The number of hydrogen-bond acceptors (Lipinski definition) is 3. The molecule has 1 heterocycles. The Morgan fingerprint density at radius 2 is 1.61 bits per heavy atom. The van der Waals surface area contributed by atoms with E-state index in [-0.39, 0.29) is 11.7 Å². The van der Waals surface area contributed by atoms with E-state index in [1.807, 2.05) is 18.2 Å². The molecule has 3 rings (SSSR count). The fourth-order valence-electron chi connectivity index (χ4n) is 5.47. The molecule has 0 radical (unpaired) electrons. The minimum Gasteiger partial charge on any atom is -0.384 e. The third-order valence-corrected chi connectivity index (χ3v) is 7.47. The molecule has 1 aliphatic rings. The maximum Gasteiger partial charge on any atom is 0.126 e. The zero-order chi connectivity index (χ0) is 24.5. The number of hydrogen-bond donors (Lipinski definition) is 2. The lowest BCUT2D eigenvalue weighted by Gasteiger charge is -2.44. The smallest absolute Gasteiger partial charge is 0.126 e. The molecular formula is C29H44FNOS. The number of pyridine rings is 1. The third-order valence-electron chi connectivity index (χ3n) is 7.16. The first kappa shape index (κ1) is 27.9. The maximum absolute atomic E-state index is 14.8. The van der Waals surface area contributed by atoms with Crippen LogP contribution in [0.3, 0.4) is 0 Å². The third kappa shape index (κ3) is 6.19. The van der Waals surface area contributed by atoms with Crippen LogP contribution >= 0.6 is 12.6 Å². The average molecular weight is 474 g/mol. The Balaban J connectivity index is 0.000000479. The molecule has 1 aromatic heterocycles. The molecule has 1 aliphatic carbocycles. The summed E-state index contributed by atoms with van der Waals surface area (Å²) in [6, 6.07) is 7.25. The average Bonchev–Trinajstić information content (AvgIpc) is 3.03. The summed E-state index contributed by atoms with van der Waals surface area (Å²) in [7, 11) is 0. The molecule has 0 fully saturated rings. The summed E-state index contributed by atoms with van der Waals surface area (Å²) < 4.78 is 14.8. The van der Waals surface area contributed by atoms with Crippen molar-refractivity contribution in [2.75, 3.05) is 5.75 Å². The van der Waals surface area contributed by atoms with E-state index < -0.39 is 11.0 Å². The molecular weight excluding hydrogens is 429 g/mol. The molecule has 1 aromatic carbocycles. The van der Waals surface area contributed by atoms with E-state index in [0.717, 1.165) is 48.1 Å². The van der Waals surface area contributed by atoms with Gasteiger partial charge in [-0.2, -0.15) is 12.6 Å². The van der Waals surface area contributed by atoms with Crippen LogP contribution in [0, 0.1) is 17.2 Å². The van der Waals surface area contributed by atoms with E-state index in [2.05, 4.69) is 52.2 Å². The molecule has 0 spiro atoms. The van der Waals surface area contributed by atoms with E-state index in [0.29, 0.717) is 12.0 Å². The van der Waals surface area contributed by atoms with Gasteiger partial charge < -0.3 is 5.11 Å². The lowest BCUT2D eigenvalue weighted by molar-refractivity contribution is -0.112. The highest BCUT2D eigenvalue weighted by Crippen LogP contribution is 2.58. The summed E-state index contributed by atoms with van der Waals surface area (Å²) >= 11 is 4.09. The first-order chi connectivity index (χ1) is 15.8. The van der Waals surface area contributed by atoms with Crippen molar-refractivity contribution in [1.82, 2.24) is 4.98 Å². The van der Waals surface area contributed by atoms with Crippen LogP contribution in [0.15, 0.2) is 36.7 Å². The quantitative estimate of drug-likeness (QED) is 0.268. The van der Waals surface area contributed by atoms with Crippen LogP contribution in [0.2, 0.25) is 0 Å². The first-order valence-corrected chi connectivity index (χ1v) is 13.5. The largest absolute Gasteiger partial charge is 0.384 e. The Hall–Kier alpha value is -1.39. The number of thiol groups is 1. The number of unbranched alkanes of at least 4 members (excludes halogenated alkanes) is 3. The van der Waals surface area contributed by atoms with Crippen LogP contribution in [-0.2, 0) is 12.0 Å². The molecule has 0 saturated heterocycles. The molecule has 0 bridgehead atoms. The van der Waals surface area contributed by atoms with Crippen molar-refractivity contribution in [2.24, 2.45) is 11.3 Å². The fourth-order valence-corrected chi connectivity index (χ4v) is 5.70.